The van der Waals surface area contributed by atoms with Crippen LogP contribution in [-0.4, -0.2) is 24.1 Å². The van der Waals surface area contributed by atoms with Crippen molar-refractivity contribution in [2.75, 3.05) is 6.54 Å². The first-order chi connectivity index (χ1) is 4.86. The summed E-state index contributed by atoms with van der Waals surface area (Å²) in [6.07, 6.45) is 6.37. The number of amides is 1. The highest BCUT2D eigenvalue weighted by atomic mass is 16.1. The second kappa shape index (κ2) is 2.96. The van der Waals surface area contributed by atoms with E-state index in [1.807, 2.05) is 0 Å². The van der Waals surface area contributed by atoms with Crippen LogP contribution in [0.25, 0.3) is 0 Å². The van der Waals surface area contributed by atoms with Gasteiger partial charge in [-0.05, 0) is 0 Å². The van der Waals surface area contributed by atoms with Gasteiger partial charge >= 0.3 is 0 Å². The van der Waals surface area contributed by atoms with Gasteiger partial charge in [0.2, 0.25) is 6.41 Å². The minimum absolute atomic E-state index is 0.526. The molecule has 0 aromatic carbocycles. The van der Waals surface area contributed by atoms with E-state index in [1.165, 1.54) is 11.1 Å². The van der Waals surface area contributed by atoms with Crippen LogP contribution >= 0.6 is 0 Å². The summed E-state index contributed by atoms with van der Waals surface area (Å²) < 4.78 is 0. The van der Waals surface area contributed by atoms with Crippen LogP contribution in [0.3, 0.4) is 0 Å². The Morgan fingerprint density at radius 1 is 1.50 bits per heavy atom. The Balaban J connectivity index is 2.73. The first kappa shape index (κ1) is 6.74. The van der Waals surface area contributed by atoms with E-state index in [2.05, 4.69) is 0 Å². The number of carbonyl (C=O) groups excluding carboxylic acids is 2. The number of carbonyl (C=O) groups is 2. The van der Waals surface area contributed by atoms with Gasteiger partial charge in [0.1, 0.15) is 0 Å². The van der Waals surface area contributed by atoms with E-state index in [0.29, 0.717) is 24.8 Å². The molecule has 52 valence electrons. The third kappa shape index (κ3) is 1.31. The molecule has 0 aromatic heterocycles. The Morgan fingerprint density at radius 3 is 2.90 bits per heavy atom. The van der Waals surface area contributed by atoms with Crippen molar-refractivity contribution < 1.29 is 9.59 Å². The van der Waals surface area contributed by atoms with E-state index in [1.54, 1.807) is 12.2 Å². The molecule has 0 saturated heterocycles. The summed E-state index contributed by atoms with van der Waals surface area (Å²) in [6.45, 7) is 0.556. The summed E-state index contributed by atoms with van der Waals surface area (Å²) in [7, 11) is 0. The molecule has 0 unspecified atom stereocenters. The fourth-order valence-corrected chi connectivity index (χ4v) is 0.741. The summed E-state index contributed by atoms with van der Waals surface area (Å²) in [5, 5.41) is 0. The molecule has 1 aliphatic heterocycles. The molecule has 0 N–H and O–H groups in total. The summed E-state index contributed by atoms with van der Waals surface area (Å²) >= 11 is 0. The molecule has 1 amide bonds. The first-order valence-corrected chi connectivity index (χ1v) is 2.91. The molecule has 0 aliphatic carbocycles. The van der Waals surface area contributed by atoms with Gasteiger partial charge in [-0.15, -0.1) is 0 Å². The number of nitrogens with zero attached hydrogens (tertiary/aromatic N) is 1. The molecule has 0 fully saturated rings. The molecule has 3 nitrogen and oxygen atoms in total. The lowest BCUT2D eigenvalue weighted by molar-refractivity contribution is -0.115. The Hall–Kier alpha value is -1.38. The average molecular weight is 137 g/mol. The van der Waals surface area contributed by atoms with Crippen molar-refractivity contribution in [1.82, 2.24) is 4.90 Å². The van der Waals surface area contributed by atoms with Crippen molar-refractivity contribution in [1.29, 1.82) is 0 Å². The summed E-state index contributed by atoms with van der Waals surface area (Å²) in [6, 6.07) is 0. The molecule has 0 spiro atoms. The highest BCUT2D eigenvalue weighted by Crippen LogP contribution is 2.01. The van der Waals surface area contributed by atoms with Gasteiger partial charge < -0.3 is 4.90 Å². The Morgan fingerprint density at radius 2 is 2.30 bits per heavy atom. The number of rotatable bonds is 2. The Bertz CT molecular complexity index is 206. The SMILES string of the molecule is O=CC1=CN(C=O)CC=C1. The molecule has 0 bridgehead atoms. The van der Waals surface area contributed by atoms with Crippen LogP contribution in [0.4, 0.5) is 0 Å². The smallest absolute Gasteiger partial charge is 0.213 e. The van der Waals surface area contributed by atoms with Crippen LogP contribution in [0.2, 0.25) is 0 Å². The van der Waals surface area contributed by atoms with Crippen molar-refractivity contribution in [2.24, 2.45) is 0 Å². The van der Waals surface area contributed by atoms with E-state index in [9.17, 15) is 9.59 Å². The van der Waals surface area contributed by atoms with Gasteiger partial charge in [-0.1, -0.05) is 12.2 Å². The maximum atomic E-state index is 10.2. The minimum Gasteiger partial charge on any atom is -0.317 e. The molecular weight excluding hydrogens is 130 g/mol. The monoisotopic (exact) mass is 137 g/mol. The second-order valence-electron chi connectivity index (χ2n) is 1.95. The van der Waals surface area contributed by atoms with Crippen LogP contribution in [0.1, 0.15) is 0 Å². The average Bonchev–Trinajstić information content (AvgIpc) is 2.05. The molecule has 1 rings (SSSR count). The molecule has 1 heterocycles. The summed E-state index contributed by atoms with van der Waals surface area (Å²) in [5.74, 6) is 0. The third-order valence-electron chi connectivity index (χ3n) is 1.21. The zero-order chi connectivity index (χ0) is 7.40. The highest BCUT2D eigenvalue weighted by Gasteiger charge is 2.00. The van der Waals surface area contributed by atoms with Crippen molar-refractivity contribution in [3.8, 4) is 0 Å². The van der Waals surface area contributed by atoms with Crippen LogP contribution in [-0.2, 0) is 9.59 Å². The van der Waals surface area contributed by atoms with E-state index in [-0.39, 0.29) is 0 Å². The van der Waals surface area contributed by atoms with Crippen LogP contribution in [0.5, 0.6) is 0 Å². The molecule has 0 saturated carbocycles. The normalized spacial score (nSPS) is 16.4. The topological polar surface area (TPSA) is 37.4 Å². The second-order valence-corrected chi connectivity index (χ2v) is 1.95. The molecule has 10 heavy (non-hydrogen) atoms. The van der Waals surface area contributed by atoms with Crippen LogP contribution in [0.15, 0.2) is 23.9 Å². The third-order valence-corrected chi connectivity index (χ3v) is 1.21. The number of hydrogen-bond donors (Lipinski definition) is 0. The van der Waals surface area contributed by atoms with Gasteiger partial charge in [-0.25, -0.2) is 0 Å². The van der Waals surface area contributed by atoms with E-state index in [0.717, 1.165) is 0 Å². The number of hydrogen-bond acceptors (Lipinski definition) is 2. The lowest BCUT2D eigenvalue weighted by Crippen LogP contribution is -2.17. The lowest BCUT2D eigenvalue weighted by atomic mass is 10.2. The maximum absolute atomic E-state index is 10.2. The Kier molecular flexibility index (Phi) is 1.99. The number of aldehydes is 1. The zero-order valence-electron chi connectivity index (χ0n) is 5.36. The predicted molar refractivity (Wildman–Crippen MR) is 36.1 cm³/mol. The Labute approximate surface area is 58.6 Å². The highest BCUT2D eigenvalue weighted by molar-refractivity contribution is 5.78. The summed E-state index contributed by atoms with van der Waals surface area (Å²) in [5.41, 5.74) is 0.526. The quantitative estimate of drug-likeness (QED) is 0.506. The van der Waals surface area contributed by atoms with Crippen LogP contribution < -0.4 is 0 Å². The van der Waals surface area contributed by atoms with Crippen molar-refractivity contribution >= 4 is 12.7 Å². The van der Waals surface area contributed by atoms with E-state index >= 15 is 0 Å². The molecule has 0 radical (unpaired) electrons. The van der Waals surface area contributed by atoms with E-state index < -0.39 is 0 Å². The molecular formula is C7H7NO2. The lowest BCUT2D eigenvalue weighted by Gasteiger charge is -2.12. The van der Waals surface area contributed by atoms with E-state index in [4.69, 9.17) is 0 Å². The largest absolute Gasteiger partial charge is 0.317 e. The fourth-order valence-electron chi connectivity index (χ4n) is 0.741. The molecule has 3 heteroatoms. The van der Waals surface area contributed by atoms with Gasteiger partial charge in [-0.2, -0.15) is 0 Å². The minimum atomic E-state index is 0.526. The zero-order valence-corrected chi connectivity index (χ0v) is 5.36. The van der Waals surface area contributed by atoms with Crippen molar-refractivity contribution in [3.05, 3.63) is 23.9 Å². The summed E-state index contributed by atoms with van der Waals surface area (Å²) in [4.78, 5) is 21.7. The molecule has 1 aliphatic rings. The molecule has 0 atom stereocenters. The molecule has 0 aromatic rings. The predicted octanol–water partition coefficient (Wildman–Crippen LogP) is 0.0974. The van der Waals surface area contributed by atoms with Gasteiger partial charge in [0.15, 0.2) is 6.29 Å². The first-order valence-electron chi connectivity index (χ1n) is 2.91. The maximum Gasteiger partial charge on any atom is 0.213 e. The van der Waals surface area contributed by atoms with Gasteiger partial charge in [0.25, 0.3) is 0 Å². The number of allylic oxidation sites excluding steroid dienone is 2. The van der Waals surface area contributed by atoms with Gasteiger partial charge in [0.05, 0.1) is 0 Å². The fraction of sp³-hybridized carbons (Fsp3) is 0.143. The van der Waals surface area contributed by atoms with Gasteiger partial charge in [-0.3, -0.25) is 9.59 Å². The van der Waals surface area contributed by atoms with Crippen LogP contribution in [0, 0.1) is 0 Å². The standard InChI is InChI=1S/C7H7NO2/c9-5-7-2-1-3-8(4-7)6-10/h1-2,4-6H,3H2. The van der Waals surface area contributed by atoms with Gasteiger partial charge in [0, 0.05) is 18.3 Å². The van der Waals surface area contributed by atoms with Crippen molar-refractivity contribution in [3.63, 3.8) is 0 Å². The van der Waals surface area contributed by atoms with Crippen molar-refractivity contribution in [2.45, 2.75) is 0 Å².